The Morgan fingerprint density at radius 2 is 2.00 bits per heavy atom. The van der Waals surface area contributed by atoms with Crippen molar-refractivity contribution in [1.82, 2.24) is 0 Å². The molecule has 0 aliphatic rings. The van der Waals surface area contributed by atoms with E-state index in [1.54, 1.807) is 30.3 Å². The molecule has 6 nitrogen and oxygen atoms in total. The molecule has 4 N–H and O–H groups in total. The zero-order valence-electron chi connectivity index (χ0n) is 10.8. The average molecular weight is 289 g/mol. The number of rotatable bonds is 6. The third-order valence-electron chi connectivity index (χ3n) is 2.13. The molecule has 0 spiro atoms. The first kappa shape index (κ1) is 17.6. The molecule has 2 unspecified atom stereocenters. The Balaban J connectivity index is 0.000000344. The van der Waals surface area contributed by atoms with E-state index in [2.05, 4.69) is 4.52 Å². The number of nitrogens with two attached hydrogens (primary N) is 1. The lowest BCUT2D eigenvalue weighted by molar-refractivity contribution is -0.138. The molecule has 0 saturated heterocycles. The predicted molar refractivity (Wildman–Crippen MR) is 73.4 cm³/mol. The van der Waals surface area contributed by atoms with Gasteiger partial charge in [-0.15, -0.1) is 0 Å². The number of hydrogen-bond donors (Lipinski definition) is 3. The second-order valence-corrected chi connectivity index (χ2v) is 4.50. The van der Waals surface area contributed by atoms with Crippen molar-refractivity contribution < 1.29 is 23.9 Å². The van der Waals surface area contributed by atoms with E-state index in [9.17, 15) is 9.36 Å². The number of benzene rings is 1. The van der Waals surface area contributed by atoms with Gasteiger partial charge in [0.25, 0.3) is 0 Å². The van der Waals surface area contributed by atoms with E-state index in [1.807, 2.05) is 6.92 Å². The number of carboxylic acids is 1. The molecule has 0 radical (unpaired) electrons. The second-order valence-electron chi connectivity index (χ2n) is 3.77. The van der Waals surface area contributed by atoms with Crippen LogP contribution in [0.15, 0.2) is 30.3 Å². The summed E-state index contributed by atoms with van der Waals surface area (Å²) in [6.07, 6.45) is 2.49. The molecule has 0 fully saturated rings. The van der Waals surface area contributed by atoms with Crippen molar-refractivity contribution in [2.75, 3.05) is 0 Å². The lowest BCUT2D eigenvalue weighted by Crippen LogP contribution is -2.29. The van der Waals surface area contributed by atoms with Crippen LogP contribution < -0.4 is 10.3 Å². The van der Waals surface area contributed by atoms with E-state index in [1.165, 1.54) is 0 Å². The summed E-state index contributed by atoms with van der Waals surface area (Å²) in [5, 5.41) is 8.28. The van der Waals surface area contributed by atoms with Gasteiger partial charge in [-0.1, -0.05) is 38.0 Å². The van der Waals surface area contributed by atoms with E-state index in [-0.39, 0.29) is 0 Å². The molecule has 0 bridgehead atoms. The standard InChI is InChI=1S/C6H13NO2.C6H7O3P/c1-2-3-4-5(7)6(8)9;7-10(8)9-6-4-2-1-3-5-6/h5H,2-4,7H2,1H3,(H,8,9);1-5,10H,(H,7,8). The molecule has 1 rings (SSSR count). The average Bonchev–Trinajstić information content (AvgIpc) is 2.37. The molecule has 108 valence electrons. The Hall–Kier alpha value is -1.36. The first-order valence-electron chi connectivity index (χ1n) is 5.91. The third kappa shape index (κ3) is 10.3. The number of hydrogen-bond acceptors (Lipinski definition) is 4. The summed E-state index contributed by atoms with van der Waals surface area (Å²) in [4.78, 5) is 18.4. The molecule has 2 atom stereocenters. The highest BCUT2D eigenvalue weighted by molar-refractivity contribution is 7.32. The summed E-state index contributed by atoms with van der Waals surface area (Å²) in [6, 6.07) is 7.87. The van der Waals surface area contributed by atoms with Crippen molar-refractivity contribution in [3.05, 3.63) is 30.3 Å². The molecule has 19 heavy (non-hydrogen) atoms. The number of unbranched alkanes of at least 4 members (excludes halogenated alkanes) is 1. The van der Waals surface area contributed by atoms with Crippen molar-refractivity contribution in [3.63, 3.8) is 0 Å². The van der Waals surface area contributed by atoms with Crippen molar-refractivity contribution in [2.24, 2.45) is 5.73 Å². The summed E-state index contributed by atoms with van der Waals surface area (Å²) >= 11 is 0. The Bertz CT molecular complexity index is 385. The maximum Gasteiger partial charge on any atom is 0.365 e. The first-order valence-corrected chi connectivity index (χ1v) is 7.18. The van der Waals surface area contributed by atoms with Gasteiger partial charge in [0.05, 0.1) is 0 Å². The molecule has 0 aliphatic carbocycles. The van der Waals surface area contributed by atoms with E-state index in [4.69, 9.17) is 15.7 Å². The molecular formula is C12H20NO5P. The Morgan fingerprint density at radius 3 is 2.42 bits per heavy atom. The van der Waals surface area contributed by atoms with Gasteiger partial charge >= 0.3 is 14.2 Å². The molecule has 0 aromatic heterocycles. The number of carbonyl (C=O) groups is 1. The molecule has 1 aromatic rings. The van der Waals surface area contributed by atoms with Gasteiger partial charge in [-0.25, -0.2) is 4.57 Å². The van der Waals surface area contributed by atoms with Gasteiger partial charge in [-0.2, -0.15) is 0 Å². The van der Waals surface area contributed by atoms with E-state index in [0.717, 1.165) is 12.8 Å². The van der Waals surface area contributed by atoms with Gasteiger partial charge in [-0.05, 0) is 18.6 Å². The minimum absolute atomic E-state index is 0.425. The minimum atomic E-state index is -2.84. The van der Waals surface area contributed by atoms with E-state index < -0.39 is 20.3 Å². The van der Waals surface area contributed by atoms with Gasteiger partial charge in [0.1, 0.15) is 11.8 Å². The lowest BCUT2D eigenvalue weighted by Gasteiger charge is -2.02. The summed E-state index contributed by atoms with van der Waals surface area (Å²) in [6.45, 7) is 2.01. The van der Waals surface area contributed by atoms with Gasteiger partial charge in [-0.3, -0.25) is 4.79 Å². The second kappa shape index (κ2) is 10.6. The summed E-state index contributed by atoms with van der Waals surface area (Å²) < 4.78 is 14.6. The van der Waals surface area contributed by atoms with Crippen LogP contribution in [-0.2, 0) is 9.36 Å². The number of carboxylic acid groups (broad SMARTS) is 1. The number of para-hydroxylation sites is 1. The van der Waals surface area contributed by atoms with Crippen molar-refractivity contribution in [3.8, 4) is 5.75 Å². The first-order chi connectivity index (χ1) is 8.97. The van der Waals surface area contributed by atoms with Gasteiger partial charge in [0.15, 0.2) is 0 Å². The lowest BCUT2D eigenvalue weighted by atomic mass is 10.1. The predicted octanol–water partition coefficient (Wildman–Crippen LogP) is 2.04. The number of aliphatic carboxylic acids is 1. The molecule has 0 heterocycles. The molecule has 7 heteroatoms. The maximum atomic E-state index is 10.1. The quantitative estimate of drug-likeness (QED) is 0.691. The van der Waals surface area contributed by atoms with Gasteiger partial charge in [0, 0.05) is 0 Å². The smallest absolute Gasteiger partial charge is 0.365 e. The van der Waals surface area contributed by atoms with Crippen LogP contribution in [0.4, 0.5) is 0 Å². The SMILES string of the molecule is CCCCC(N)C(=O)O.O=[PH](O)Oc1ccccc1. The monoisotopic (exact) mass is 289 g/mol. The van der Waals surface area contributed by atoms with Crippen molar-refractivity contribution >= 4 is 14.2 Å². The van der Waals surface area contributed by atoms with Crippen LogP contribution in [0, 0.1) is 0 Å². The van der Waals surface area contributed by atoms with Crippen molar-refractivity contribution in [1.29, 1.82) is 0 Å². The van der Waals surface area contributed by atoms with Crippen LogP contribution >= 0.6 is 8.25 Å². The van der Waals surface area contributed by atoms with Gasteiger partial charge in [0.2, 0.25) is 0 Å². The van der Waals surface area contributed by atoms with Gasteiger partial charge < -0.3 is 20.3 Å². The van der Waals surface area contributed by atoms with Crippen LogP contribution in [0.2, 0.25) is 0 Å². The molecule has 0 saturated carbocycles. The Kier molecular flexibility index (Phi) is 9.80. The summed E-state index contributed by atoms with van der Waals surface area (Å²) in [7, 11) is -2.84. The summed E-state index contributed by atoms with van der Waals surface area (Å²) in [5.74, 6) is -0.475. The zero-order valence-corrected chi connectivity index (χ0v) is 11.8. The fourth-order valence-electron chi connectivity index (χ4n) is 1.14. The Morgan fingerprint density at radius 1 is 1.42 bits per heavy atom. The van der Waals surface area contributed by atoms with Crippen LogP contribution in [0.5, 0.6) is 5.75 Å². The molecule has 0 amide bonds. The fourth-order valence-corrected chi connectivity index (χ4v) is 1.47. The zero-order chi connectivity index (χ0) is 14.7. The fraction of sp³-hybridized carbons (Fsp3) is 0.417. The van der Waals surface area contributed by atoms with Crippen LogP contribution in [0.3, 0.4) is 0 Å². The highest BCUT2D eigenvalue weighted by Crippen LogP contribution is 2.21. The molecule has 0 aliphatic heterocycles. The highest BCUT2D eigenvalue weighted by Gasteiger charge is 2.08. The Labute approximate surface area is 113 Å². The van der Waals surface area contributed by atoms with Crippen LogP contribution in [0.25, 0.3) is 0 Å². The third-order valence-corrected chi connectivity index (χ3v) is 2.54. The van der Waals surface area contributed by atoms with E-state index >= 15 is 0 Å². The highest BCUT2D eigenvalue weighted by atomic mass is 31.1. The van der Waals surface area contributed by atoms with Crippen LogP contribution in [-0.4, -0.2) is 22.0 Å². The topological polar surface area (TPSA) is 110 Å². The minimum Gasteiger partial charge on any atom is -0.480 e. The molecular weight excluding hydrogens is 269 g/mol. The normalized spacial score (nSPS) is 12.8. The largest absolute Gasteiger partial charge is 0.480 e. The van der Waals surface area contributed by atoms with E-state index in [0.29, 0.717) is 12.2 Å². The maximum absolute atomic E-state index is 10.1. The van der Waals surface area contributed by atoms with Crippen LogP contribution in [0.1, 0.15) is 26.2 Å². The molecule has 1 aromatic carbocycles. The van der Waals surface area contributed by atoms with Crippen molar-refractivity contribution in [2.45, 2.75) is 32.2 Å². The summed E-state index contributed by atoms with van der Waals surface area (Å²) in [5.41, 5.74) is 5.20.